The van der Waals surface area contributed by atoms with E-state index in [4.69, 9.17) is 24.4 Å². The van der Waals surface area contributed by atoms with Gasteiger partial charge in [-0.15, -0.1) is 11.3 Å². The highest BCUT2D eigenvalue weighted by Gasteiger charge is 2.50. The number of aryl methyl sites for hydroxylation is 2. The Kier molecular flexibility index (Phi) is 6.88. The zero-order valence-electron chi connectivity index (χ0n) is 21.8. The first-order valence-corrected chi connectivity index (χ1v) is 13.4. The molecule has 2 saturated carbocycles. The molecular weight excluding hydrogens is 476 g/mol. The van der Waals surface area contributed by atoms with Gasteiger partial charge in [-0.2, -0.15) is 4.98 Å². The van der Waals surface area contributed by atoms with Gasteiger partial charge in [0.15, 0.2) is 0 Å². The number of pyridine rings is 1. The molecule has 0 radical (unpaired) electrons. The number of rotatable bonds is 9. The Morgan fingerprint density at radius 3 is 2.47 bits per heavy atom. The quantitative estimate of drug-likeness (QED) is 0.388. The lowest BCUT2D eigenvalue weighted by atomic mass is 9.87. The van der Waals surface area contributed by atoms with Gasteiger partial charge in [-0.05, 0) is 58.9 Å². The van der Waals surface area contributed by atoms with Crippen LogP contribution in [-0.2, 0) is 9.47 Å². The van der Waals surface area contributed by atoms with Crippen LogP contribution in [0, 0.1) is 25.7 Å². The van der Waals surface area contributed by atoms with Crippen LogP contribution in [0.15, 0.2) is 12.3 Å². The van der Waals surface area contributed by atoms with Crippen LogP contribution in [0.3, 0.4) is 0 Å². The topological polar surface area (TPSA) is 114 Å². The zero-order chi connectivity index (χ0) is 25.6. The van der Waals surface area contributed by atoms with Crippen molar-refractivity contribution in [2.24, 2.45) is 11.8 Å². The first-order chi connectivity index (χ1) is 17.2. The number of nitrogens with one attached hydrogen (secondary N) is 2. The highest BCUT2D eigenvalue weighted by Crippen LogP contribution is 2.42. The summed E-state index contributed by atoms with van der Waals surface area (Å²) in [6.45, 7) is 8.51. The predicted molar refractivity (Wildman–Crippen MR) is 143 cm³/mol. The number of thiazole rings is 1. The molecule has 0 bridgehead atoms. The molecule has 3 aromatic heterocycles. The van der Waals surface area contributed by atoms with Crippen LogP contribution < -0.4 is 10.6 Å². The number of aromatic nitrogens is 4. The highest BCUT2D eigenvalue weighted by atomic mass is 32.1. The summed E-state index contributed by atoms with van der Waals surface area (Å²) in [6.07, 6.45) is 4.50. The average molecular weight is 513 g/mol. The molecule has 5 rings (SSSR count). The largest absolute Gasteiger partial charge is 0.390 e. The van der Waals surface area contributed by atoms with Crippen molar-refractivity contribution in [1.29, 1.82) is 0 Å². The van der Waals surface area contributed by atoms with Gasteiger partial charge in [0.2, 0.25) is 5.95 Å². The van der Waals surface area contributed by atoms with E-state index in [0.29, 0.717) is 24.1 Å². The molecule has 10 heteroatoms. The number of hydrogen-bond acceptors (Lipinski definition) is 10. The van der Waals surface area contributed by atoms with E-state index in [9.17, 15) is 5.11 Å². The lowest BCUT2D eigenvalue weighted by Crippen LogP contribution is -2.42. The molecule has 9 nitrogen and oxygen atoms in total. The first kappa shape index (κ1) is 25.3. The molecule has 0 unspecified atom stereocenters. The molecule has 4 atom stereocenters. The van der Waals surface area contributed by atoms with E-state index in [1.807, 2.05) is 40.0 Å². The highest BCUT2D eigenvalue weighted by molar-refractivity contribution is 7.21. The predicted octanol–water partition coefficient (Wildman–Crippen LogP) is 4.19. The summed E-state index contributed by atoms with van der Waals surface area (Å²) < 4.78 is 12.8. The Balaban J connectivity index is 1.55. The number of ether oxygens (including phenoxy) is 2. The van der Waals surface area contributed by atoms with Crippen molar-refractivity contribution >= 4 is 33.3 Å². The van der Waals surface area contributed by atoms with Gasteiger partial charge in [0.1, 0.15) is 22.4 Å². The summed E-state index contributed by atoms with van der Waals surface area (Å²) in [4.78, 5) is 19.1. The molecule has 0 spiro atoms. The van der Waals surface area contributed by atoms with Gasteiger partial charge >= 0.3 is 0 Å². The van der Waals surface area contributed by atoms with E-state index in [1.54, 1.807) is 25.6 Å². The minimum absolute atomic E-state index is 0.0972. The third-order valence-electron chi connectivity index (χ3n) is 7.44. The van der Waals surface area contributed by atoms with E-state index in [-0.39, 0.29) is 24.2 Å². The fourth-order valence-corrected chi connectivity index (χ4v) is 6.37. The van der Waals surface area contributed by atoms with E-state index in [1.165, 1.54) is 12.8 Å². The van der Waals surface area contributed by atoms with Crippen LogP contribution in [-0.4, -0.2) is 69.7 Å². The van der Waals surface area contributed by atoms with E-state index >= 15 is 0 Å². The Morgan fingerprint density at radius 1 is 1.08 bits per heavy atom. The molecule has 3 aromatic rings. The zero-order valence-corrected chi connectivity index (χ0v) is 22.6. The summed E-state index contributed by atoms with van der Waals surface area (Å²) in [5.41, 5.74) is 2.62. The van der Waals surface area contributed by atoms with Crippen LogP contribution >= 0.6 is 11.3 Å². The third-order valence-corrected chi connectivity index (χ3v) is 8.48. The van der Waals surface area contributed by atoms with Crippen LogP contribution in [0.5, 0.6) is 0 Å². The van der Waals surface area contributed by atoms with E-state index in [0.717, 1.165) is 38.7 Å². The summed E-state index contributed by atoms with van der Waals surface area (Å²) in [5.74, 6) is 1.93. The summed E-state index contributed by atoms with van der Waals surface area (Å²) in [6, 6.07) is 1.88. The lowest BCUT2D eigenvalue weighted by molar-refractivity contribution is -0.0871. The van der Waals surface area contributed by atoms with Crippen molar-refractivity contribution < 1.29 is 14.6 Å². The van der Waals surface area contributed by atoms with Crippen LogP contribution in [0.2, 0.25) is 0 Å². The molecule has 36 heavy (non-hydrogen) atoms. The molecule has 194 valence electrons. The van der Waals surface area contributed by atoms with Crippen molar-refractivity contribution in [3.05, 3.63) is 23.7 Å². The van der Waals surface area contributed by atoms with Gasteiger partial charge in [0.05, 0.1) is 39.4 Å². The fraction of sp³-hybridized carbons (Fsp3) is 0.615. The standard InChI is InChI=1S/C26H36N6O3S/c1-13-19(24-31-20-14(2)27-10-9-18(20)36-24)23(32-25(29-13)28-12-15-7-8-15)30-17-11-16(26(3,4)33)21(34-5)22(17)35-6/h9-10,15-17,21-22,33H,7-8,11-12H2,1-6H3,(H2,28,29,30,32)/t16-,17+,21+,22-/m0/s1. The molecule has 0 aliphatic heterocycles. The molecule has 2 aliphatic carbocycles. The normalized spacial score (nSPS) is 24.4. The maximum absolute atomic E-state index is 10.9. The van der Waals surface area contributed by atoms with Gasteiger partial charge < -0.3 is 25.2 Å². The first-order valence-electron chi connectivity index (χ1n) is 12.6. The lowest BCUT2D eigenvalue weighted by Gasteiger charge is -2.31. The number of methoxy groups -OCH3 is 2. The molecule has 2 aliphatic rings. The second-order valence-corrected chi connectivity index (χ2v) is 11.6. The SMILES string of the molecule is CO[C@@H]1[C@H](OC)[C@@H](C(C)(C)O)C[C@H]1Nc1nc(NCC2CC2)nc(C)c1-c1nc2c(C)nccc2s1. The maximum atomic E-state index is 10.9. The molecular formula is C26H36N6O3S. The molecule has 0 aromatic carbocycles. The number of aliphatic hydroxyl groups is 1. The van der Waals surface area contributed by atoms with Gasteiger partial charge in [0, 0.05) is 32.9 Å². The van der Waals surface area contributed by atoms with Gasteiger partial charge in [-0.1, -0.05) is 0 Å². The van der Waals surface area contributed by atoms with Crippen LogP contribution in [0.1, 0.15) is 44.5 Å². The van der Waals surface area contributed by atoms with Crippen LogP contribution in [0.4, 0.5) is 11.8 Å². The number of anilines is 2. The van der Waals surface area contributed by atoms with E-state index in [2.05, 4.69) is 15.6 Å². The van der Waals surface area contributed by atoms with Gasteiger partial charge in [0.25, 0.3) is 0 Å². The Morgan fingerprint density at radius 2 is 1.83 bits per heavy atom. The molecule has 2 fully saturated rings. The third kappa shape index (κ3) is 4.91. The van der Waals surface area contributed by atoms with Crippen molar-refractivity contribution in [3.8, 4) is 10.6 Å². The smallest absolute Gasteiger partial charge is 0.224 e. The van der Waals surface area contributed by atoms with E-state index < -0.39 is 5.60 Å². The molecule has 0 amide bonds. The maximum Gasteiger partial charge on any atom is 0.224 e. The molecule has 0 saturated heterocycles. The molecule has 3 N–H and O–H groups in total. The second-order valence-electron chi connectivity index (χ2n) is 10.6. The second kappa shape index (κ2) is 9.81. The Bertz CT molecular complexity index is 1240. The van der Waals surface area contributed by atoms with Crippen molar-refractivity contribution in [2.75, 3.05) is 31.4 Å². The number of hydrogen-bond donors (Lipinski definition) is 3. The monoisotopic (exact) mass is 512 g/mol. The summed E-state index contributed by atoms with van der Waals surface area (Å²) in [5, 5.41) is 18.8. The number of nitrogens with zero attached hydrogens (tertiary/aromatic N) is 4. The summed E-state index contributed by atoms with van der Waals surface area (Å²) in [7, 11) is 3.37. The van der Waals surface area contributed by atoms with Crippen molar-refractivity contribution in [2.45, 2.75) is 70.8 Å². The van der Waals surface area contributed by atoms with Gasteiger partial charge in [-0.3, -0.25) is 4.98 Å². The van der Waals surface area contributed by atoms with Gasteiger partial charge in [-0.25, -0.2) is 9.97 Å². The fourth-order valence-electron chi connectivity index (χ4n) is 5.26. The van der Waals surface area contributed by atoms with Crippen LogP contribution in [0.25, 0.3) is 20.8 Å². The average Bonchev–Trinajstić information content (AvgIpc) is 3.43. The summed E-state index contributed by atoms with van der Waals surface area (Å²) >= 11 is 1.61. The minimum Gasteiger partial charge on any atom is -0.390 e. The minimum atomic E-state index is -0.910. The Labute approximate surface area is 216 Å². The van der Waals surface area contributed by atoms with Crippen molar-refractivity contribution in [1.82, 2.24) is 19.9 Å². The molecule has 3 heterocycles. The Hall–Kier alpha value is -2.40. The van der Waals surface area contributed by atoms with Crippen molar-refractivity contribution in [3.63, 3.8) is 0 Å². The number of fused-ring (bicyclic) bond motifs is 1.